The molecule has 0 heterocycles. The molecule has 0 aliphatic heterocycles. The van der Waals surface area contributed by atoms with E-state index >= 15 is 0 Å². The van der Waals surface area contributed by atoms with E-state index in [4.69, 9.17) is 0 Å². The highest BCUT2D eigenvalue weighted by Gasteiger charge is 2.39. The average molecular weight is 228 g/mol. The monoisotopic (exact) mass is 228 g/mol. The van der Waals surface area contributed by atoms with Gasteiger partial charge >= 0.3 is 0 Å². The van der Waals surface area contributed by atoms with Gasteiger partial charge in [0.2, 0.25) is 0 Å². The van der Waals surface area contributed by atoms with E-state index in [9.17, 15) is 4.79 Å². The van der Waals surface area contributed by atoms with Crippen molar-refractivity contribution in [1.82, 2.24) is 0 Å². The first kappa shape index (κ1) is 12.1. The first-order chi connectivity index (χ1) is 7.94. The fraction of sp³-hybridized carbons (Fsp3) is 0.438. The number of rotatable bonds is 2. The van der Waals surface area contributed by atoms with Crippen LogP contribution in [0.4, 0.5) is 0 Å². The summed E-state index contributed by atoms with van der Waals surface area (Å²) >= 11 is 0. The Balaban J connectivity index is 2.54. The molecule has 2 rings (SSSR count). The van der Waals surface area contributed by atoms with E-state index in [1.165, 1.54) is 11.1 Å². The van der Waals surface area contributed by atoms with Crippen LogP contribution in [0, 0.1) is 5.41 Å². The molecule has 90 valence electrons. The van der Waals surface area contributed by atoms with Crippen LogP contribution in [-0.2, 0) is 11.2 Å². The lowest BCUT2D eigenvalue weighted by Crippen LogP contribution is -2.33. The van der Waals surface area contributed by atoms with E-state index < -0.39 is 0 Å². The van der Waals surface area contributed by atoms with Crippen LogP contribution in [-0.4, -0.2) is 5.78 Å². The lowest BCUT2D eigenvalue weighted by molar-refractivity contribution is -0.122. The smallest absolute Gasteiger partial charge is 0.141 e. The lowest BCUT2D eigenvalue weighted by atomic mass is 9.65. The van der Waals surface area contributed by atoms with Crippen molar-refractivity contribution in [3.05, 3.63) is 47.5 Å². The summed E-state index contributed by atoms with van der Waals surface area (Å²) in [5, 5.41) is 0. The number of allylic oxidation sites excluding steroid dienone is 1. The third-order valence-corrected chi connectivity index (χ3v) is 4.15. The molecule has 1 unspecified atom stereocenters. The van der Waals surface area contributed by atoms with E-state index in [-0.39, 0.29) is 11.3 Å². The summed E-state index contributed by atoms with van der Waals surface area (Å²) in [7, 11) is 0. The molecule has 1 aliphatic carbocycles. The summed E-state index contributed by atoms with van der Waals surface area (Å²) in [5.41, 5.74) is 3.45. The van der Waals surface area contributed by atoms with E-state index in [1.807, 2.05) is 13.0 Å². The maximum absolute atomic E-state index is 12.3. The average Bonchev–Trinajstić information content (AvgIpc) is 2.28. The van der Waals surface area contributed by atoms with E-state index in [2.05, 4.69) is 38.6 Å². The summed E-state index contributed by atoms with van der Waals surface area (Å²) in [6.07, 6.45) is 1.55. The molecule has 0 saturated carbocycles. The van der Waals surface area contributed by atoms with Crippen LogP contribution in [0.3, 0.4) is 0 Å². The van der Waals surface area contributed by atoms with Crippen LogP contribution in [0.25, 0.3) is 0 Å². The summed E-state index contributed by atoms with van der Waals surface area (Å²) in [6, 6.07) is 8.32. The molecule has 1 nitrogen and oxygen atoms in total. The fourth-order valence-corrected chi connectivity index (χ4v) is 2.66. The summed E-state index contributed by atoms with van der Waals surface area (Å²) in [6.45, 7) is 10.3. The zero-order chi connectivity index (χ0) is 12.6. The maximum atomic E-state index is 12.3. The van der Waals surface area contributed by atoms with Gasteiger partial charge in [0.25, 0.3) is 0 Å². The van der Waals surface area contributed by atoms with Crippen molar-refractivity contribution in [2.45, 2.75) is 39.5 Å². The standard InChI is InChI=1S/C16H20O/c1-11(2)16(3,4)15-13-8-6-5-7-12(13)9-10-14(15)17/h5-8,15H,1,9-10H2,2-4H3. The quantitative estimate of drug-likeness (QED) is 0.702. The Labute approximate surface area is 104 Å². The topological polar surface area (TPSA) is 17.1 Å². The van der Waals surface area contributed by atoms with Crippen molar-refractivity contribution in [3.63, 3.8) is 0 Å². The number of hydrogen-bond acceptors (Lipinski definition) is 1. The summed E-state index contributed by atoms with van der Waals surface area (Å²) in [5.74, 6) is 0.335. The van der Waals surface area contributed by atoms with Crippen molar-refractivity contribution >= 4 is 5.78 Å². The number of Topliss-reactive ketones (excluding diaryl/α,β-unsaturated/α-hetero) is 1. The minimum Gasteiger partial charge on any atom is -0.299 e. The van der Waals surface area contributed by atoms with Crippen LogP contribution in [0.15, 0.2) is 36.4 Å². The van der Waals surface area contributed by atoms with Crippen molar-refractivity contribution in [2.24, 2.45) is 5.41 Å². The number of aryl methyl sites for hydroxylation is 1. The van der Waals surface area contributed by atoms with Gasteiger partial charge in [0.15, 0.2) is 0 Å². The van der Waals surface area contributed by atoms with Crippen LogP contribution < -0.4 is 0 Å². The number of ketones is 1. The van der Waals surface area contributed by atoms with Gasteiger partial charge in [-0.05, 0) is 29.9 Å². The Kier molecular flexibility index (Phi) is 2.94. The number of benzene rings is 1. The van der Waals surface area contributed by atoms with Gasteiger partial charge in [0, 0.05) is 6.42 Å². The van der Waals surface area contributed by atoms with Gasteiger partial charge < -0.3 is 0 Å². The molecule has 0 N–H and O–H groups in total. The van der Waals surface area contributed by atoms with Gasteiger partial charge in [-0.15, -0.1) is 0 Å². The van der Waals surface area contributed by atoms with Crippen molar-refractivity contribution in [3.8, 4) is 0 Å². The first-order valence-corrected chi connectivity index (χ1v) is 6.21. The summed E-state index contributed by atoms with van der Waals surface area (Å²) < 4.78 is 0. The van der Waals surface area contributed by atoms with Crippen LogP contribution in [0.1, 0.15) is 44.2 Å². The normalized spacial score (nSPS) is 19.9. The molecular formula is C16H20O. The van der Waals surface area contributed by atoms with Gasteiger partial charge in [0.1, 0.15) is 5.78 Å². The fourth-order valence-electron chi connectivity index (χ4n) is 2.66. The van der Waals surface area contributed by atoms with Crippen LogP contribution in [0.5, 0.6) is 0 Å². The number of carbonyl (C=O) groups is 1. The molecule has 17 heavy (non-hydrogen) atoms. The molecule has 0 fully saturated rings. The number of carbonyl (C=O) groups excluding carboxylic acids is 1. The molecule has 0 spiro atoms. The Morgan fingerprint density at radius 2 is 1.94 bits per heavy atom. The molecule has 1 aromatic rings. The molecule has 0 bridgehead atoms. The third kappa shape index (κ3) is 1.95. The van der Waals surface area contributed by atoms with Crippen molar-refractivity contribution in [1.29, 1.82) is 0 Å². The van der Waals surface area contributed by atoms with E-state index in [1.54, 1.807) is 0 Å². The predicted octanol–water partition coefficient (Wildman–Crippen LogP) is 3.89. The first-order valence-electron chi connectivity index (χ1n) is 6.21. The van der Waals surface area contributed by atoms with Gasteiger partial charge in [-0.3, -0.25) is 4.79 Å². The molecule has 1 atom stereocenters. The highest BCUT2D eigenvalue weighted by atomic mass is 16.1. The Bertz CT molecular complexity index is 468. The van der Waals surface area contributed by atoms with Crippen LogP contribution >= 0.6 is 0 Å². The third-order valence-electron chi connectivity index (χ3n) is 4.15. The SMILES string of the molecule is C=C(C)C(C)(C)C1C(=O)CCc2ccccc21. The highest BCUT2D eigenvalue weighted by molar-refractivity contribution is 5.89. The van der Waals surface area contributed by atoms with Gasteiger partial charge in [-0.25, -0.2) is 0 Å². The van der Waals surface area contributed by atoms with Crippen molar-refractivity contribution < 1.29 is 4.79 Å². The molecule has 1 aliphatic rings. The Morgan fingerprint density at radius 1 is 1.29 bits per heavy atom. The minimum absolute atomic E-state index is 0.0232. The second-order valence-electron chi connectivity index (χ2n) is 5.60. The Morgan fingerprint density at radius 3 is 2.59 bits per heavy atom. The molecule has 0 saturated heterocycles. The minimum atomic E-state index is -0.159. The second kappa shape index (κ2) is 4.14. The highest BCUT2D eigenvalue weighted by Crippen LogP contribution is 2.45. The summed E-state index contributed by atoms with van der Waals surface area (Å²) in [4.78, 5) is 12.3. The Hall–Kier alpha value is -1.37. The molecule has 0 radical (unpaired) electrons. The van der Waals surface area contributed by atoms with Gasteiger partial charge in [-0.1, -0.05) is 50.3 Å². The maximum Gasteiger partial charge on any atom is 0.141 e. The van der Waals surface area contributed by atoms with Crippen molar-refractivity contribution in [2.75, 3.05) is 0 Å². The second-order valence-corrected chi connectivity index (χ2v) is 5.60. The van der Waals surface area contributed by atoms with Gasteiger partial charge in [0.05, 0.1) is 5.92 Å². The molecule has 1 heteroatoms. The van der Waals surface area contributed by atoms with Crippen LogP contribution in [0.2, 0.25) is 0 Å². The zero-order valence-corrected chi connectivity index (χ0v) is 10.9. The lowest BCUT2D eigenvalue weighted by Gasteiger charge is -2.37. The van der Waals surface area contributed by atoms with E-state index in [0.717, 1.165) is 12.0 Å². The molecule has 0 amide bonds. The largest absolute Gasteiger partial charge is 0.299 e. The number of fused-ring (bicyclic) bond motifs is 1. The molecule has 0 aromatic heterocycles. The number of hydrogen-bond donors (Lipinski definition) is 0. The molecule has 1 aromatic carbocycles. The van der Waals surface area contributed by atoms with Gasteiger partial charge in [-0.2, -0.15) is 0 Å². The molecular weight excluding hydrogens is 208 g/mol. The van der Waals surface area contributed by atoms with E-state index in [0.29, 0.717) is 12.2 Å². The predicted molar refractivity (Wildman–Crippen MR) is 71.1 cm³/mol. The zero-order valence-electron chi connectivity index (χ0n) is 10.9.